The Morgan fingerprint density at radius 2 is 1.52 bits per heavy atom. The third-order valence-corrected chi connectivity index (χ3v) is 3.86. The van der Waals surface area contributed by atoms with Crippen molar-refractivity contribution in [1.29, 1.82) is 0 Å². The van der Waals surface area contributed by atoms with E-state index in [1.54, 1.807) is 14.2 Å². The first-order chi connectivity index (χ1) is 10.0. The van der Waals surface area contributed by atoms with Crippen LogP contribution >= 0.6 is 23.2 Å². The van der Waals surface area contributed by atoms with E-state index in [2.05, 4.69) is 5.32 Å². The highest BCUT2D eigenvalue weighted by Gasteiger charge is 2.06. The Morgan fingerprint density at radius 3 is 2.10 bits per heavy atom. The zero-order chi connectivity index (χ0) is 15.4. The minimum absolute atomic E-state index is 0.590. The smallest absolute Gasteiger partial charge is 0.122 e. The fourth-order valence-corrected chi connectivity index (χ4v) is 2.40. The molecule has 0 fully saturated rings. The van der Waals surface area contributed by atoms with Gasteiger partial charge in [0.1, 0.15) is 11.5 Å². The molecular weight excluding hydrogens is 309 g/mol. The molecule has 0 aliphatic rings. The number of hydrogen-bond donors (Lipinski definition) is 1. The van der Waals surface area contributed by atoms with Gasteiger partial charge in [0.25, 0.3) is 0 Å². The van der Waals surface area contributed by atoms with Crippen LogP contribution in [0.2, 0.25) is 10.0 Å². The van der Waals surface area contributed by atoms with E-state index in [9.17, 15) is 0 Å². The molecule has 0 radical (unpaired) electrons. The number of methoxy groups -OCH3 is 2. The Bertz CT molecular complexity index is 622. The molecule has 1 N–H and O–H groups in total. The number of hydrogen-bond acceptors (Lipinski definition) is 3. The Balaban J connectivity index is 2.18. The summed E-state index contributed by atoms with van der Waals surface area (Å²) in [5.41, 5.74) is 2.78. The second kappa shape index (κ2) is 6.92. The Kier molecular flexibility index (Phi) is 5.21. The highest BCUT2D eigenvalue weighted by Crippen LogP contribution is 2.30. The molecule has 0 atom stereocenters. The molecule has 112 valence electrons. The molecule has 0 spiro atoms. The molecule has 3 nitrogen and oxygen atoms in total. The molecule has 2 rings (SSSR count). The summed E-state index contributed by atoms with van der Waals surface area (Å²) >= 11 is 12.3. The van der Waals surface area contributed by atoms with Crippen LogP contribution in [-0.2, 0) is 6.54 Å². The van der Waals surface area contributed by atoms with Crippen molar-refractivity contribution >= 4 is 28.9 Å². The van der Waals surface area contributed by atoms with Crippen LogP contribution in [0.3, 0.4) is 0 Å². The van der Waals surface area contributed by atoms with Gasteiger partial charge in [0, 0.05) is 17.6 Å². The Labute approximate surface area is 134 Å². The zero-order valence-corrected chi connectivity index (χ0v) is 13.7. The van der Waals surface area contributed by atoms with Crippen LogP contribution in [0, 0.1) is 6.92 Å². The van der Waals surface area contributed by atoms with Gasteiger partial charge in [0.2, 0.25) is 0 Å². The summed E-state index contributed by atoms with van der Waals surface area (Å²) < 4.78 is 10.5. The molecule has 0 aliphatic heterocycles. The second-order valence-corrected chi connectivity index (χ2v) is 5.47. The summed E-state index contributed by atoms with van der Waals surface area (Å²) in [7, 11) is 3.26. The molecule has 0 bridgehead atoms. The van der Waals surface area contributed by atoms with Crippen molar-refractivity contribution in [3.8, 4) is 11.5 Å². The third-order valence-electron chi connectivity index (χ3n) is 3.14. The van der Waals surface area contributed by atoms with Crippen LogP contribution < -0.4 is 14.8 Å². The molecule has 0 aliphatic carbocycles. The number of anilines is 1. The molecule has 2 aromatic carbocycles. The van der Waals surface area contributed by atoms with Crippen molar-refractivity contribution < 1.29 is 9.47 Å². The standard InChI is InChI=1S/C16H17Cl2NO2/c1-10-4-15(18)16(8-14(10)17)19-9-11-5-12(20-2)7-13(6-11)21-3/h4-8,19H,9H2,1-3H3. The number of nitrogens with one attached hydrogen (secondary N) is 1. The zero-order valence-electron chi connectivity index (χ0n) is 12.2. The quantitative estimate of drug-likeness (QED) is 0.845. The first-order valence-corrected chi connectivity index (χ1v) is 7.20. The average Bonchev–Trinajstić information content (AvgIpc) is 2.49. The molecule has 0 aromatic heterocycles. The van der Waals surface area contributed by atoms with Crippen LogP contribution in [0.1, 0.15) is 11.1 Å². The molecular formula is C16H17Cl2NO2. The summed E-state index contributed by atoms with van der Waals surface area (Å²) in [6.07, 6.45) is 0. The van der Waals surface area contributed by atoms with Crippen LogP contribution in [0.4, 0.5) is 5.69 Å². The number of rotatable bonds is 5. The molecule has 0 unspecified atom stereocenters. The Morgan fingerprint density at radius 1 is 0.905 bits per heavy atom. The topological polar surface area (TPSA) is 30.5 Å². The van der Waals surface area contributed by atoms with E-state index in [0.29, 0.717) is 16.6 Å². The average molecular weight is 326 g/mol. The number of ether oxygens (including phenoxy) is 2. The summed E-state index contributed by atoms with van der Waals surface area (Å²) in [5, 5.41) is 4.60. The Hall–Kier alpha value is -1.58. The van der Waals surface area contributed by atoms with Crippen molar-refractivity contribution in [2.45, 2.75) is 13.5 Å². The van der Waals surface area contributed by atoms with Gasteiger partial charge in [-0.15, -0.1) is 0 Å². The van der Waals surface area contributed by atoms with Crippen molar-refractivity contribution in [2.75, 3.05) is 19.5 Å². The summed E-state index contributed by atoms with van der Waals surface area (Å²) in [5.74, 6) is 1.50. The van der Waals surface area contributed by atoms with Crippen molar-refractivity contribution in [1.82, 2.24) is 0 Å². The maximum atomic E-state index is 6.21. The highest BCUT2D eigenvalue weighted by atomic mass is 35.5. The molecule has 0 heterocycles. The molecule has 0 saturated carbocycles. The van der Waals surface area contributed by atoms with E-state index in [1.165, 1.54) is 0 Å². The molecule has 21 heavy (non-hydrogen) atoms. The van der Waals surface area contributed by atoms with Gasteiger partial charge in [-0.05, 0) is 42.3 Å². The minimum atomic E-state index is 0.590. The van der Waals surface area contributed by atoms with Crippen LogP contribution in [0.15, 0.2) is 30.3 Å². The monoisotopic (exact) mass is 325 g/mol. The number of halogens is 2. The molecule has 2 aromatic rings. The normalized spacial score (nSPS) is 10.3. The van der Waals surface area contributed by atoms with Gasteiger partial charge >= 0.3 is 0 Å². The van der Waals surface area contributed by atoms with E-state index in [4.69, 9.17) is 32.7 Å². The summed E-state index contributed by atoms with van der Waals surface area (Å²) in [6.45, 7) is 2.51. The SMILES string of the molecule is COc1cc(CNc2cc(Cl)c(C)cc2Cl)cc(OC)c1. The van der Waals surface area contributed by atoms with E-state index in [1.807, 2.05) is 37.3 Å². The third kappa shape index (κ3) is 3.96. The first-order valence-electron chi connectivity index (χ1n) is 6.45. The summed E-state index contributed by atoms with van der Waals surface area (Å²) in [4.78, 5) is 0. The van der Waals surface area contributed by atoms with E-state index < -0.39 is 0 Å². The summed E-state index contributed by atoms with van der Waals surface area (Å²) in [6, 6.07) is 9.40. The van der Waals surface area contributed by atoms with Crippen LogP contribution in [0.5, 0.6) is 11.5 Å². The highest BCUT2D eigenvalue weighted by molar-refractivity contribution is 6.35. The lowest BCUT2D eigenvalue weighted by molar-refractivity contribution is 0.393. The van der Waals surface area contributed by atoms with Gasteiger partial charge in [0.15, 0.2) is 0 Å². The van der Waals surface area contributed by atoms with Gasteiger partial charge < -0.3 is 14.8 Å². The molecule has 0 amide bonds. The van der Waals surface area contributed by atoms with E-state index in [0.717, 1.165) is 28.3 Å². The fraction of sp³-hybridized carbons (Fsp3) is 0.250. The lowest BCUT2D eigenvalue weighted by Crippen LogP contribution is -2.01. The lowest BCUT2D eigenvalue weighted by atomic mass is 10.2. The van der Waals surface area contributed by atoms with E-state index in [-0.39, 0.29) is 0 Å². The van der Waals surface area contributed by atoms with Gasteiger partial charge in [0.05, 0.1) is 24.9 Å². The molecule has 5 heteroatoms. The minimum Gasteiger partial charge on any atom is -0.497 e. The van der Waals surface area contributed by atoms with Crippen molar-refractivity contribution in [3.63, 3.8) is 0 Å². The van der Waals surface area contributed by atoms with Gasteiger partial charge in [-0.3, -0.25) is 0 Å². The lowest BCUT2D eigenvalue weighted by Gasteiger charge is -2.12. The fourth-order valence-electron chi connectivity index (χ4n) is 1.95. The second-order valence-electron chi connectivity index (χ2n) is 4.66. The maximum absolute atomic E-state index is 6.21. The van der Waals surface area contributed by atoms with Gasteiger partial charge in [-0.1, -0.05) is 23.2 Å². The predicted octanol–water partition coefficient (Wildman–Crippen LogP) is 4.93. The predicted molar refractivity (Wildman–Crippen MR) is 88.1 cm³/mol. The maximum Gasteiger partial charge on any atom is 0.122 e. The van der Waals surface area contributed by atoms with E-state index >= 15 is 0 Å². The van der Waals surface area contributed by atoms with Gasteiger partial charge in [-0.2, -0.15) is 0 Å². The van der Waals surface area contributed by atoms with Crippen molar-refractivity contribution in [3.05, 3.63) is 51.5 Å². The van der Waals surface area contributed by atoms with Gasteiger partial charge in [-0.25, -0.2) is 0 Å². The largest absolute Gasteiger partial charge is 0.497 e. The first kappa shape index (κ1) is 15.8. The van der Waals surface area contributed by atoms with Crippen LogP contribution in [-0.4, -0.2) is 14.2 Å². The number of aryl methyl sites for hydroxylation is 1. The number of benzene rings is 2. The molecule has 0 saturated heterocycles. The van der Waals surface area contributed by atoms with Crippen molar-refractivity contribution in [2.24, 2.45) is 0 Å². The van der Waals surface area contributed by atoms with Crippen LogP contribution in [0.25, 0.3) is 0 Å².